The molecule has 0 aromatic heterocycles. The molecule has 1 heterocycles. The van der Waals surface area contributed by atoms with Gasteiger partial charge in [0, 0.05) is 30.3 Å². The molecule has 1 atom stereocenters. The van der Waals surface area contributed by atoms with E-state index in [0.29, 0.717) is 34.7 Å². The molecule has 4 rings (SSSR count). The van der Waals surface area contributed by atoms with Gasteiger partial charge in [0.25, 0.3) is 5.91 Å². The van der Waals surface area contributed by atoms with Crippen LogP contribution in [0, 0.1) is 0 Å². The molecular weight excluding hydrogens is 438 g/mol. The SMILES string of the molecule is COc1cc(NC(=O)COC(=O)c2ccc3c(c2)CC(c2ccccc2)OC3=O)cc(OC)c1. The van der Waals surface area contributed by atoms with Crippen molar-refractivity contribution in [2.24, 2.45) is 0 Å². The average Bonchev–Trinajstić information content (AvgIpc) is 2.87. The van der Waals surface area contributed by atoms with E-state index >= 15 is 0 Å². The van der Waals surface area contributed by atoms with Crippen LogP contribution < -0.4 is 14.8 Å². The maximum Gasteiger partial charge on any atom is 0.339 e. The maximum absolute atomic E-state index is 12.6. The number of ether oxygens (including phenoxy) is 4. The monoisotopic (exact) mass is 461 g/mol. The van der Waals surface area contributed by atoms with Crippen LogP contribution in [-0.4, -0.2) is 38.7 Å². The number of carbonyl (C=O) groups excluding carboxylic acids is 3. The van der Waals surface area contributed by atoms with Gasteiger partial charge in [-0.05, 0) is 29.3 Å². The Morgan fingerprint density at radius 1 is 0.971 bits per heavy atom. The first-order chi connectivity index (χ1) is 16.5. The Labute approximate surface area is 196 Å². The summed E-state index contributed by atoms with van der Waals surface area (Å²) in [6, 6.07) is 18.9. The van der Waals surface area contributed by atoms with Gasteiger partial charge in [-0.2, -0.15) is 0 Å². The highest BCUT2D eigenvalue weighted by molar-refractivity contribution is 5.97. The number of carbonyl (C=O) groups is 3. The normalized spacial score (nSPS) is 14.4. The lowest BCUT2D eigenvalue weighted by Crippen LogP contribution is -2.23. The van der Waals surface area contributed by atoms with Crippen LogP contribution in [-0.2, 0) is 20.7 Å². The molecule has 1 N–H and O–H groups in total. The summed E-state index contributed by atoms with van der Waals surface area (Å²) in [5.41, 5.74) is 2.66. The first-order valence-electron chi connectivity index (χ1n) is 10.6. The van der Waals surface area contributed by atoms with Gasteiger partial charge in [0.2, 0.25) is 0 Å². The Hall–Kier alpha value is -4.33. The number of hydrogen-bond acceptors (Lipinski definition) is 7. The second kappa shape index (κ2) is 10.1. The minimum Gasteiger partial charge on any atom is -0.497 e. The van der Waals surface area contributed by atoms with E-state index in [0.717, 1.165) is 5.56 Å². The van der Waals surface area contributed by atoms with E-state index in [4.69, 9.17) is 18.9 Å². The van der Waals surface area contributed by atoms with Gasteiger partial charge in [0.1, 0.15) is 17.6 Å². The van der Waals surface area contributed by atoms with E-state index in [1.807, 2.05) is 30.3 Å². The van der Waals surface area contributed by atoms with Gasteiger partial charge < -0.3 is 24.3 Å². The van der Waals surface area contributed by atoms with Crippen molar-refractivity contribution in [1.29, 1.82) is 0 Å². The van der Waals surface area contributed by atoms with E-state index in [2.05, 4.69) is 5.32 Å². The fraction of sp³-hybridized carbons (Fsp3) is 0.192. The summed E-state index contributed by atoms with van der Waals surface area (Å²) in [4.78, 5) is 37.3. The average molecular weight is 461 g/mol. The lowest BCUT2D eigenvalue weighted by molar-refractivity contribution is -0.119. The van der Waals surface area contributed by atoms with Crippen molar-refractivity contribution >= 4 is 23.5 Å². The van der Waals surface area contributed by atoms with Gasteiger partial charge in [-0.25, -0.2) is 9.59 Å². The molecule has 0 aliphatic carbocycles. The molecule has 8 heteroatoms. The summed E-state index contributed by atoms with van der Waals surface area (Å²) >= 11 is 0. The lowest BCUT2D eigenvalue weighted by atomic mass is 9.93. The predicted molar refractivity (Wildman–Crippen MR) is 123 cm³/mol. The van der Waals surface area contributed by atoms with Gasteiger partial charge in [-0.15, -0.1) is 0 Å². The highest BCUT2D eigenvalue weighted by atomic mass is 16.5. The summed E-state index contributed by atoms with van der Waals surface area (Å²) in [6.45, 7) is -0.482. The van der Waals surface area contributed by atoms with Crippen LogP contribution in [0.3, 0.4) is 0 Å². The molecule has 0 bridgehead atoms. The molecule has 3 aromatic rings. The number of benzene rings is 3. The third-order valence-electron chi connectivity index (χ3n) is 5.36. The fourth-order valence-electron chi connectivity index (χ4n) is 3.67. The van der Waals surface area contributed by atoms with E-state index in [1.165, 1.54) is 26.4 Å². The Bertz CT molecular complexity index is 1200. The predicted octanol–water partition coefficient (Wildman–Crippen LogP) is 3.95. The molecular formula is C26H23NO7. The topological polar surface area (TPSA) is 100 Å². The number of fused-ring (bicyclic) bond motifs is 1. The van der Waals surface area contributed by atoms with E-state index in [9.17, 15) is 14.4 Å². The van der Waals surface area contributed by atoms with Crippen molar-refractivity contribution in [3.05, 3.63) is 89.0 Å². The van der Waals surface area contributed by atoms with Crippen LogP contribution in [0.4, 0.5) is 5.69 Å². The summed E-state index contributed by atoms with van der Waals surface area (Å²) in [6.07, 6.45) is 0.00258. The largest absolute Gasteiger partial charge is 0.497 e. The highest BCUT2D eigenvalue weighted by Gasteiger charge is 2.28. The Morgan fingerprint density at radius 2 is 1.68 bits per heavy atom. The lowest BCUT2D eigenvalue weighted by Gasteiger charge is -2.25. The van der Waals surface area contributed by atoms with E-state index in [-0.39, 0.29) is 5.56 Å². The van der Waals surface area contributed by atoms with Crippen molar-refractivity contribution in [3.8, 4) is 11.5 Å². The second-order valence-electron chi connectivity index (χ2n) is 7.61. The number of anilines is 1. The smallest absolute Gasteiger partial charge is 0.339 e. The quantitative estimate of drug-likeness (QED) is 0.532. The van der Waals surface area contributed by atoms with Crippen molar-refractivity contribution < 1.29 is 33.3 Å². The van der Waals surface area contributed by atoms with Crippen molar-refractivity contribution in [3.63, 3.8) is 0 Å². The number of cyclic esters (lactones) is 1. The number of amides is 1. The van der Waals surface area contributed by atoms with Gasteiger partial charge in [-0.1, -0.05) is 30.3 Å². The van der Waals surface area contributed by atoms with Gasteiger partial charge in [0.15, 0.2) is 6.61 Å². The van der Waals surface area contributed by atoms with Gasteiger partial charge >= 0.3 is 11.9 Å². The fourth-order valence-corrected chi connectivity index (χ4v) is 3.67. The molecule has 0 saturated heterocycles. The summed E-state index contributed by atoms with van der Waals surface area (Å²) in [5, 5.41) is 2.64. The Morgan fingerprint density at radius 3 is 2.35 bits per heavy atom. The van der Waals surface area contributed by atoms with Crippen molar-refractivity contribution in [2.45, 2.75) is 12.5 Å². The molecule has 1 unspecified atom stereocenters. The van der Waals surface area contributed by atoms with Crippen LogP contribution in [0.25, 0.3) is 0 Å². The number of esters is 2. The van der Waals surface area contributed by atoms with E-state index in [1.54, 1.807) is 24.3 Å². The van der Waals surface area contributed by atoms with Crippen LogP contribution in [0.5, 0.6) is 11.5 Å². The number of rotatable bonds is 7. The minimum atomic E-state index is -0.670. The van der Waals surface area contributed by atoms with Crippen LogP contribution in [0.1, 0.15) is 37.9 Å². The molecule has 1 amide bonds. The second-order valence-corrected chi connectivity index (χ2v) is 7.61. The summed E-state index contributed by atoms with van der Waals surface area (Å²) < 4.78 is 21.1. The van der Waals surface area contributed by atoms with Crippen LogP contribution >= 0.6 is 0 Å². The molecule has 34 heavy (non-hydrogen) atoms. The van der Waals surface area contributed by atoms with Gasteiger partial charge in [-0.3, -0.25) is 4.79 Å². The molecule has 0 spiro atoms. The molecule has 0 saturated carbocycles. The molecule has 0 fully saturated rings. The van der Waals surface area contributed by atoms with Crippen molar-refractivity contribution in [1.82, 2.24) is 0 Å². The van der Waals surface area contributed by atoms with Crippen LogP contribution in [0.15, 0.2) is 66.7 Å². The summed E-state index contributed by atoms with van der Waals surface area (Å²) in [7, 11) is 3.00. The first kappa shape index (κ1) is 22.8. The molecule has 0 radical (unpaired) electrons. The zero-order valence-electron chi connectivity index (χ0n) is 18.7. The van der Waals surface area contributed by atoms with Crippen molar-refractivity contribution in [2.75, 3.05) is 26.1 Å². The molecule has 1 aliphatic rings. The Balaban J connectivity index is 1.40. The zero-order valence-corrected chi connectivity index (χ0v) is 18.7. The standard InChI is InChI=1S/C26H23NO7/c1-31-20-12-19(13-21(14-20)32-2)27-24(28)15-33-25(29)17-8-9-22-18(10-17)11-23(34-26(22)30)16-6-4-3-5-7-16/h3-10,12-14,23H,11,15H2,1-2H3,(H,27,28). The third-order valence-corrected chi connectivity index (χ3v) is 5.36. The third kappa shape index (κ3) is 5.17. The number of methoxy groups -OCH3 is 2. The zero-order chi connectivity index (χ0) is 24.1. The van der Waals surface area contributed by atoms with Gasteiger partial charge in [0.05, 0.1) is 25.3 Å². The molecule has 1 aliphatic heterocycles. The number of hydrogen-bond donors (Lipinski definition) is 1. The summed E-state index contributed by atoms with van der Waals surface area (Å²) in [5.74, 6) is -0.616. The highest BCUT2D eigenvalue weighted by Crippen LogP contribution is 2.31. The molecule has 3 aromatic carbocycles. The Kier molecular flexibility index (Phi) is 6.77. The number of nitrogens with one attached hydrogen (secondary N) is 1. The first-order valence-corrected chi connectivity index (χ1v) is 10.6. The minimum absolute atomic E-state index is 0.246. The molecule has 8 nitrogen and oxygen atoms in total. The molecule has 174 valence electrons. The van der Waals surface area contributed by atoms with E-state index < -0.39 is 30.6 Å². The maximum atomic E-state index is 12.6. The van der Waals surface area contributed by atoms with Crippen LogP contribution in [0.2, 0.25) is 0 Å².